The van der Waals surface area contributed by atoms with Gasteiger partial charge in [-0.2, -0.15) is 13.2 Å². The zero-order valence-electron chi connectivity index (χ0n) is 22.0. The van der Waals surface area contributed by atoms with Gasteiger partial charge in [0.25, 0.3) is 5.91 Å². The molecule has 15 heteroatoms. The molecule has 2 aromatic rings. The predicted octanol–water partition coefficient (Wildman–Crippen LogP) is 6.68. The molecule has 1 saturated heterocycles. The zero-order valence-corrected chi connectivity index (χ0v) is 25.1. The Morgan fingerprint density at radius 2 is 1.72 bits per heavy atom. The van der Waals surface area contributed by atoms with Crippen molar-refractivity contribution in [3.8, 4) is 0 Å². The Labute approximate surface area is 241 Å². The van der Waals surface area contributed by atoms with Crippen LogP contribution in [0.15, 0.2) is 24.5 Å². The summed E-state index contributed by atoms with van der Waals surface area (Å²) in [6, 6.07) is 3.65. The van der Waals surface area contributed by atoms with Gasteiger partial charge in [-0.05, 0) is 30.7 Å². The molecule has 0 unspecified atom stereocenters. The van der Waals surface area contributed by atoms with E-state index < -0.39 is 35.0 Å². The summed E-state index contributed by atoms with van der Waals surface area (Å²) in [6.07, 6.45) is 0.664. The van der Waals surface area contributed by atoms with Crippen LogP contribution in [0.4, 0.5) is 29.3 Å². The smallest absolute Gasteiger partial charge is 0.335 e. The van der Waals surface area contributed by atoms with E-state index in [2.05, 4.69) is 30.7 Å². The van der Waals surface area contributed by atoms with Crippen molar-refractivity contribution in [2.45, 2.75) is 31.7 Å². The summed E-state index contributed by atoms with van der Waals surface area (Å²) in [4.78, 5) is 37.2. The van der Waals surface area contributed by atoms with E-state index in [1.807, 2.05) is 12.5 Å². The minimum Gasteiger partial charge on any atom is -0.335 e. The fourth-order valence-corrected chi connectivity index (χ4v) is 5.17. The molecule has 1 fully saturated rings. The summed E-state index contributed by atoms with van der Waals surface area (Å²) in [5.41, 5.74) is 0.438. The van der Waals surface area contributed by atoms with Crippen LogP contribution in [0.25, 0.3) is 0 Å². The van der Waals surface area contributed by atoms with Crippen LogP contribution < -0.4 is 9.80 Å². The lowest BCUT2D eigenvalue weighted by molar-refractivity contribution is -0.138. The number of carbonyl (C=O) groups excluding carboxylic acids is 2. The van der Waals surface area contributed by atoms with Crippen molar-refractivity contribution in [3.63, 3.8) is 0 Å². The van der Waals surface area contributed by atoms with E-state index in [-0.39, 0.29) is 57.6 Å². The van der Waals surface area contributed by atoms with Crippen LogP contribution in [0.2, 0.25) is 15.3 Å². The lowest BCUT2D eigenvalue weighted by Gasteiger charge is -2.44. The lowest BCUT2D eigenvalue weighted by atomic mass is 10.2. The summed E-state index contributed by atoms with van der Waals surface area (Å²) < 4.78 is 44.6. The van der Waals surface area contributed by atoms with Crippen molar-refractivity contribution >= 4 is 68.4 Å². The molecule has 2 heterocycles. The van der Waals surface area contributed by atoms with Crippen LogP contribution in [0.1, 0.15) is 31.1 Å². The Kier molecular flexibility index (Phi) is 9.59. The normalized spacial score (nSPS) is 15.2. The number of halogens is 6. The standard InChI is InChI=1S/C24H29Cl3F3N5O3S/c1-23(2,3)39(4,5)38-11-10-34(21(36)18-19(26)31-14-32-20(18)27)15-6-7-17(16(25)12-15)35-9-8-33(22(35)37)13-24(28,29)30/h6-7,12,14H,8-11,13H2,1-5H3. The third-order valence-corrected chi connectivity index (χ3v) is 11.0. The van der Waals surface area contributed by atoms with Gasteiger partial charge in [0.2, 0.25) is 0 Å². The first-order valence-corrected chi connectivity index (χ1v) is 15.2. The molecule has 1 aliphatic rings. The third-order valence-electron chi connectivity index (χ3n) is 6.38. The number of rotatable bonds is 8. The number of aromatic nitrogens is 2. The van der Waals surface area contributed by atoms with Crippen molar-refractivity contribution in [2.24, 2.45) is 0 Å². The van der Waals surface area contributed by atoms with Crippen LogP contribution in [-0.2, 0) is 4.18 Å². The fourth-order valence-electron chi connectivity index (χ4n) is 3.57. The first-order chi connectivity index (χ1) is 17.9. The number of urea groups is 1. The molecule has 1 aromatic heterocycles. The minimum absolute atomic E-state index is 0.0295. The van der Waals surface area contributed by atoms with Gasteiger partial charge in [-0.15, -0.1) is 10.3 Å². The molecular formula is C24H29Cl3F3N5O3S. The topological polar surface area (TPSA) is 78.9 Å². The molecule has 0 spiro atoms. The second-order valence-electron chi connectivity index (χ2n) is 10.1. The third kappa shape index (κ3) is 7.40. The maximum atomic E-state index is 13.6. The number of nitrogens with zero attached hydrogens (tertiary/aromatic N) is 5. The molecule has 39 heavy (non-hydrogen) atoms. The van der Waals surface area contributed by atoms with Gasteiger partial charge >= 0.3 is 12.2 Å². The molecule has 1 aromatic carbocycles. The van der Waals surface area contributed by atoms with Crippen LogP contribution >= 0.6 is 45.1 Å². The number of carbonyl (C=O) groups is 2. The number of hydrogen-bond donors (Lipinski definition) is 0. The quantitative estimate of drug-likeness (QED) is 0.304. The van der Waals surface area contributed by atoms with Gasteiger partial charge in [-0.3, -0.25) is 9.69 Å². The van der Waals surface area contributed by atoms with E-state index in [1.165, 1.54) is 28.0 Å². The predicted molar refractivity (Wildman–Crippen MR) is 151 cm³/mol. The molecule has 3 rings (SSSR count). The molecule has 0 bridgehead atoms. The summed E-state index contributed by atoms with van der Waals surface area (Å²) in [5, 5.41) is -0.209. The molecule has 0 saturated carbocycles. The SMILES string of the molecule is CC(C)(C)S(C)(C)OCCN(C(=O)c1c(Cl)ncnc1Cl)c1ccc(N2CCN(CC(F)(F)F)C2=O)c(Cl)c1. The summed E-state index contributed by atoms with van der Waals surface area (Å²) in [5.74, 6) is -0.602. The van der Waals surface area contributed by atoms with Crippen LogP contribution in [0.5, 0.6) is 0 Å². The van der Waals surface area contributed by atoms with E-state index in [1.54, 1.807) is 0 Å². The van der Waals surface area contributed by atoms with Gasteiger partial charge in [0, 0.05) is 23.5 Å². The van der Waals surface area contributed by atoms with Crippen LogP contribution in [0.3, 0.4) is 0 Å². The number of alkyl halides is 3. The Bertz CT molecular complexity index is 1220. The summed E-state index contributed by atoms with van der Waals surface area (Å²) >= 11 is 18.9. The summed E-state index contributed by atoms with van der Waals surface area (Å²) in [7, 11) is -1.50. The molecule has 8 nitrogen and oxygen atoms in total. The maximum absolute atomic E-state index is 13.6. The molecule has 0 atom stereocenters. The number of hydrogen-bond acceptors (Lipinski definition) is 5. The van der Waals surface area contributed by atoms with Crippen LogP contribution in [0, 0.1) is 0 Å². The Morgan fingerprint density at radius 1 is 1.10 bits per heavy atom. The van der Waals surface area contributed by atoms with Gasteiger partial charge < -0.3 is 14.0 Å². The first-order valence-electron chi connectivity index (χ1n) is 11.7. The lowest BCUT2D eigenvalue weighted by Crippen LogP contribution is -2.38. The van der Waals surface area contributed by atoms with Crippen molar-refractivity contribution in [1.82, 2.24) is 14.9 Å². The minimum atomic E-state index is -4.52. The molecule has 0 aliphatic carbocycles. The van der Waals surface area contributed by atoms with Gasteiger partial charge in [0.05, 0.1) is 23.9 Å². The van der Waals surface area contributed by atoms with E-state index >= 15 is 0 Å². The summed E-state index contributed by atoms with van der Waals surface area (Å²) in [6.45, 7) is 5.04. The molecule has 0 radical (unpaired) electrons. The fraction of sp³-hybridized carbons (Fsp3) is 0.500. The van der Waals surface area contributed by atoms with Gasteiger partial charge in [0.15, 0.2) is 0 Å². The van der Waals surface area contributed by atoms with Crippen molar-refractivity contribution in [1.29, 1.82) is 0 Å². The Hall–Kier alpha value is -1.99. The number of amides is 3. The molecule has 0 N–H and O–H groups in total. The molecule has 216 valence electrons. The molecular weight excluding hydrogens is 602 g/mol. The maximum Gasteiger partial charge on any atom is 0.406 e. The molecule has 3 amide bonds. The van der Waals surface area contributed by atoms with E-state index in [4.69, 9.17) is 39.0 Å². The van der Waals surface area contributed by atoms with E-state index in [9.17, 15) is 22.8 Å². The zero-order chi connectivity index (χ0) is 29.3. The monoisotopic (exact) mass is 629 g/mol. The van der Waals surface area contributed by atoms with E-state index in [0.29, 0.717) is 10.6 Å². The number of benzene rings is 1. The average molecular weight is 631 g/mol. The average Bonchev–Trinajstić information content (AvgIpc) is 3.14. The highest BCUT2D eigenvalue weighted by Crippen LogP contribution is 2.53. The van der Waals surface area contributed by atoms with E-state index in [0.717, 1.165) is 6.33 Å². The van der Waals surface area contributed by atoms with Crippen LogP contribution in [-0.4, -0.2) is 83.0 Å². The van der Waals surface area contributed by atoms with Crippen molar-refractivity contribution < 1.29 is 26.9 Å². The molecule has 1 aliphatic heterocycles. The highest BCUT2D eigenvalue weighted by Gasteiger charge is 2.39. The van der Waals surface area contributed by atoms with Gasteiger partial charge in [-0.1, -0.05) is 55.6 Å². The highest BCUT2D eigenvalue weighted by atomic mass is 35.5. The number of anilines is 2. The van der Waals surface area contributed by atoms with Crippen molar-refractivity contribution in [3.05, 3.63) is 45.4 Å². The second kappa shape index (κ2) is 11.9. The van der Waals surface area contributed by atoms with Gasteiger partial charge in [0.1, 0.15) is 28.7 Å². The van der Waals surface area contributed by atoms with Crippen molar-refractivity contribution in [2.75, 3.05) is 55.1 Å². The Morgan fingerprint density at radius 3 is 2.26 bits per heavy atom. The Balaban J connectivity index is 1.92. The second-order valence-corrected chi connectivity index (χ2v) is 15.1. The van der Waals surface area contributed by atoms with Gasteiger partial charge in [-0.25, -0.2) is 14.8 Å². The first kappa shape index (κ1) is 31.5. The largest absolute Gasteiger partial charge is 0.406 e. The highest BCUT2D eigenvalue weighted by molar-refractivity contribution is 8.29.